The van der Waals surface area contributed by atoms with Gasteiger partial charge in [-0.3, -0.25) is 4.79 Å². The third-order valence-corrected chi connectivity index (χ3v) is 6.81. The average molecular weight is 401 g/mol. The van der Waals surface area contributed by atoms with Crippen molar-refractivity contribution in [1.82, 2.24) is 0 Å². The lowest BCUT2D eigenvalue weighted by Crippen LogP contribution is -2.41. The number of carbonyl (C=O) groups is 1. The maximum absolute atomic E-state index is 12.4. The minimum atomic E-state index is -1.12. The second-order valence-electron chi connectivity index (χ2n) is 9.68. The Morgan fingerprint density at radius 1 is 1.14 bits per heavy atom. The number of ketones is 1. The van der Waals surface area contributed by atoms with E-state index < -0.39 is 17.7 Å². The van der Waals surface area contributed by atoms with Gasteiger partial charge in [-0.15, -0.1) is 0 Å². The van der Waals surface area contributed by atoms with Crippen molar-refractivity contribution >= 4 is 5.78 Å². The Labute approximate surface area is 173 Å². The van der Waals surface area contributed by atoms with Crippen molar-refractivity contribution in [3.8, 4) is 5.75 Å². The number of fused-ring (bicyclic) bond motifs is 1. The van der Waals surface area contributed by atoms with Crippen LogP contribution in [0.2, 0.25) is 0 Å². The molecule has 2 fully saturated rings. The van der Waals surface area contributed by atoms with Crippen molar-refractivity contribution in [2.75, 3.05) is 7.11 Å². The molecule has 3 aliphatic rings. The molecule has 2 heterocycles. The van der Waals surface area contributed by atoms with Gasteiger partial charge in [-0.25, -0.2) is 0 Å². The second-order valence-corrected chi connectivity index (χ2v) is 9.68. The van der Waals surface area contributed by atoms with Gasteiger partial charge in [0.05, 0.1) is 12.7 Å². The van der Waals surface area contributed by atoms with Crippen LogP contribution >= 0.6 is 0 Å². The highest BCUT2D eigenvalue weighted by Crippen LogP contribution is 2.58. The molecule has 0 radical (unpaired) electrons. The average Bonchev–Trinajstić information content (AvgIpc) is 3.09. The summed E-state index contributed by atoms with van der Waals surface area (Å²) in [5.74, 6) is 0.0989. The van der Waals surface area contributed by atoms with E-state index in [9.17, 15) is 4.79 Å². The molecule has 5 nitrogen and oxygen atoms in total. The Hall–Kier alpha value is -1.85. The van der Waals surface area contributed by atoms with Gasteiger partial charge in [0.2, 0.25) is 0 Å². The highest BCUT2D eigenvalue weighted by molar-refractivity contribution is 5.95. The molecule has 0 bridgehead atoms. The third-order valence-electron chi connectivity index (χ3n) is 6.81. The lowest BCUT2D eigenvalue weighted by molar-refractivity contribution is -0.271. The fraction of sp³-hybridized carbons (Fsp3) is 0.625. The van der Waals surface area contributed by atoms with E-state index in [0.717, 1.165) is 37.0 Å². The van der Waals surface area contributed by atoms with Crippen LogP contribution in [0.15, 0.2) is 35.6 Å². The van der Waals surface area contributed by atoms with Crippen molar-refractivity contribution in [1.29, 1.82) is 0 Å². The first kappa shape index (κ1) is 20.4. The number of ether oxygens (including phenoxy) is 4. The van der Waals surface area contributed by atoms with Crippen LogP contribution in [0, 0.1) is 11.3 Å². The summed E-state index contributed by atoms with van der Waals surface area (Å²) in [5, 5.41) is 0. The van der Waals surface area contributed by atoms with Crippen molar-refractivity contribution in [3.63, 3.8) is 0 Å². The molecule has 0 amide bonds. The Bertz CT molecular complexity index is 824. The lowest BCUT2D eigenvalue weighted by Gasteiger charge is -2.41. The SMILES string of the molecule is COc1ccc([C@@]23OC(C)=C(C(C)=O)[C@@H]2OC2(CCC(C(C)(C)C)CC2)O3)cc1. The molecule has 1 aromatic carbocycles. The quantitative estimate of drug-likeness (QED) is 0.707. The zero-order chi connectivity index (χ0) is 21.0. The summed E-state index contributed by atoms with van der Waals surface area (Å²) in [7, 11) is 1.64. The first-order valence-corrected chi connectivity index (χ1v) is 10.5. The van der Waals surface area contributed by atoms with Crippen LogP contribution in [-0.2, 0) is 24.8 Å². The number of carbonyl (C=O) groups excluding carboxylic acids is 1. The van der Waals surface area contributed by atoms with Crippen molar-refractivity contribution in [2.45, 2.75) is 78.0 Å². The van der Waals surface area contributed by atoms with Crippen molar-refractivity contribution < 1.29 is 23.7 Å². The molecular formula is C24H32O5. The van der Waals surface area contributed by atoms with Crippen LogP contribution in [0.3, 0.4) is 0 Å². The lowest BCUT2D eigenvalue weighted by atomic mass is 9.71. The van der Waals surface area contributed by atoms with Gasteiger partial charge in [0.15, 0.2) is 17.7 Å². The predicted octanol–water partition coefficient (Wildman–Crippen LogP) is 5.09. The molecule has 5 heteroatoms. The van der Waals surface area contributed by atoms with Crippen molar-refractivity contribution in [3.05, 3.63) is 41.2 Å². The van der Waals surface area contributed by atoms with E-state index in [1.807, 2.05) is 31.2 Å². The van der Waals surface area contributed by atoms with E-state index in [4.69, 9.17) is 18.9 Å². The predicted molar refractivity (Wildman–Crippen MR) is 109 cm³/mol. The summed E-state index contributed by atoms with van der Waals surface area (Å²) >= 11 is 0. The summed E-state index contributed by atoms with van der Waals surface area (Å²) in [6.07, 6.45) is 3.12. The van der Waals surface area contributed by atoms with Crippen LogP contribution in [0.4, 0.5) is 0 Å². The molecule has 4 rings (SSSR count). The van der Waals surface area contributed by atoms with Gasteiger partial charge in [-0.05, 0) is 62.3 Å². The van der Waals surface area contributed by atoms with Gasteiger partial charge in [0, 0.05) is 18.4 Å². The molecule has 29 heavy (non-hydrogen) atoms. The number of rotatable bonds is 3. The Morgan fingerprint density at radius 2 is 1.76 bits per heavy atom. The number of hydrogen-bond acceptors (Lipinski definition) is 5. The monoisotopic (exact) mass is 400 g/mol. The van der Waals surface area contributed by atoms with E-state index in [-0.39, 0.29) is 11.2 Å². The number of benzene rings is 1. The van der Waals surface area contributed by atoms with Crippen LogP contribution in [0.25, 0.3) is 0 Å². The minimum Gasteiger partial charge on any atom is -0.497 e. The molecule has 1 spiro atoms. The second kappa shape index (κ2) is 6.85. The van der Waals surface area contributed by atoms with Gasteiger partial charge in [-0.2, -0.15) is 0 Å². The topological polar surface area (TPSA) is 54.0 Å². The van der Waals surface area contributed by atoms with E-state index >= 15 is 0 Å². The van der Waals surface area contributed by atoms with E-state index in [1.165, 1.54) is 0 Å². The third kappa shape index (κ3) is 3.28. The molecule has 158 valence electrons. The highest BCUT2D eigenvalue weighted by atomic mass is 16.8. The Kier molecular flexibility index (Phi) is 4.82. The summed E-state index contributed by atoms with van der Waals surface area (Å²) in [6.45, 7) is 10.3. The van der Waals surface area contributed by atoms with Crippen LogP contribution < -0.4 is 4.74 Å². The van der Waals surface area contributed by atoms with Gasteiger partial charge in [-0.1, -0.05) is 20.8 Å². The first-order valence-electron chi connectivity index (χ1n) is 10.5. The fourth-order valence-electron chi connectivity index (χ4n) is 5.11. The van der Waals surface area contributed by atoms with Gasteiger partial charge >= 0.3 is 0 Å². The normalized spacial score (nSPS) is 34.3. The summed E-state index contributed by atoms with van der Waals surface area (Å²) in [5.41, 5.74) is 1.69. The molecule has 2 aliphatic heterocycles. The molecule has 0 unspecified atom stereocenters. The zero-order valence-corrected chi connectivity index (χ0v) is 18.3. The van der Waals surface area contributed by atoms with E-state index in [0.29, 0.717) is 17.3 Å². The fourth-order valence-corrected chi connectivity index (χ4v) is 5.11. The first-order chi connectivity index (χ1) is 13.6. The van der Waals surface area contributed by atoms with E-state index in [1.54, 1.807) is 14.0 Å². The summed E-state index contributed by atoms with van der Waals surface area (Å²) in [6, 6.07) is 7.64. The molecule has 0 aromatic heterocycles. The Morgan fingerprint density at radius 3 is 2.28 bits per heavy atom. The molecule has 1 aliphatic carbocycles. The number of methoxy groups -OCH3 is 1. The van der Waals surface area contributed by atoms with Crippen LogP contribution in [0.5, 0.6) is 5.75 Å². The Balaban J connectivity index is 1.69. The molecular weight excluding hydrogens is 368 g/mol. The number of hydrogen-bond donors (Lipinski definition) is 0. The summed E-state index contributed by atoms with van der Waals surface area (Å²) < 4.78 is 24.9. The molecule has 1 saturated heterocycles. The highest BCUT2D eigenvalue weighted by Gasteiger charge is 2.65. The minimum absolute atomic E-state index is 0.0353. The summed E-state index contributed by atoms with van der Waals surface area (Å²) in [4.78, 5) is 12.4. The van der Waals surface area contributed by atoms with E-state index in [2.05, 4.69) is 20.8 Å². The number of allylic oxidation sites excluding steroid dienone is 1. The smallest absolute Gasteiger partial charge is 0.270 e. The maximum Gasteiger partial charge on any atom is 0.270 e. The molecule has 1 saturated carbocycles. The molecule has 0 N–H and O–H groups in total. The van der Waals surface area contributed by atoms with Gasteiger partial charge in [0.25, 0.3) is 5.79 Å². The van der Waals surface area contributed by atoms with Crippen LogP contribution in [0.1, 0.15) is 65.9 Å². The number of Topliss-reactive ketones (excluding diaryl/α,β-unsaturated/α-hetero) is 1. The zero-order valence-electron chi connectivity index (χ0n) is 18.3. The molecule has 1 aromatic rings. The van der Waals surface area contributed by atoms with Crippen LogP contribution in [-0.4, -0.2) is 24.8 Å². The molecule has 2 atom stereocenters. The van der Waals surface area contributed by atoms with Gasteiger partial charge in [0.1, 0.15) is 11.5 Å². The standard InChI is InChI=1S/C24H32O5/c1-15(25)20-16(2)27-24(18-7-9-19(26-6)10-8-18)21(20)28-23(29-24)13-11-17(12-14-23)22(3,4)5/h7-10,17,21H,11-14H2,1-6H3/t17?,21-,23?,24-/m0/s1. The van der Waals surface area contributed by atoms with Crippen molar-refractivity contribution in [2.24, 2.45) is 11.3 Å². The maximum atomic E-state index is 12.4. The largest absolute Gasteiger partial charge is 0.497 e. The van der Waals surface area contributed by atoms with Gasteiger partial charge < -0.3 is 18.9 Å².